The first-order valence-electron chi connectivity index (χ1n) is 5.29. The van der Waals surface area contributed by atoms with Crippen molar-refractivity contribution in [1.29, 1.82) is 0 Å². The van der Waals surface area contributed by atoms with E-state index >= 15 is 0 Å². The zero-order chi connectivity index (χ0) is 9.42. The van der Waals surface area contributed by atoms with Crippen LogP contribution in [0.5, 0.6) is 0 Å². The third-order valence-corrected chi connectivity index (χ3v) is 3.42. The molecule has 2 fully saturated rings. The third-order valence-electron chi connectivity index (χ3n) is 3.42. The number of piperidine rings is 1. The Labute approximate surface area is 79.3 Å². The molecule has 1 aliphatic heterocycles. The topological polar surface area (TPSA) is 46.3 Å². The summed E-state index contributed by atoms with van der Waals surface area (Å²) in [4.78, 5) is 13.5. The summed E-state index contributed by atoms with van der Waals surface area (Å²) >= 11 is 0. The lowest BCUT2D eigenvalue weighted by Gasteiger charge is -2.32. The monoisotopic (exact) mass is 182 g/mol. The van der Waals surface area contributed by atoms with E-state index < -0.39 is 0 Å². The number of hydrogen-bond donors (Lipinski definition) is 1. The average molecular weight is 182 g/mol. The van der Waals surface area contributed by atoms with Crippen LogP contribution in [-0.4, -0.2) is 29.4 Å². The summed E-state index contributed by atoms with van der Waals surface area (Å²) in [5.74, 6) is 0.734. The molecular formula is C10H18N2O. The van der Waals surface area contributed by atoms with E-state index in [0.717, 1.165) is 18.9 Å². The van der Waals surface area contributed by atoms with Crippen molar-refractivity contribution in [2.24, 2.45) is 11.7 Å². The highest BCUT2D eigenvalue weighted by atomic mass is 16.1. The summed E-state index contributed by atoms with van der Waals surface area (Å²) in [6.45, 7) is 3.12. The Kier molecular flexibility index (Phi) is 2.28. The van der Waals surface area contributed by atoms with Gasteiger partial charge in [-0.15, -0.1) is 0 Å². The SMILES string of the molecule is CCC(C(N)=O)N1CCCC2CC21. The van der Waals surface area contributed by atoms with Gasteiger partial charge in [0.05, 0.1) is 6.04 Å². The van der Waals surface area contributed by atoms with Crippen LogP contribution in [0.3, 0.4) is 0 Å². The van der Waals surface area contributed by atoms with Crippen molar-refractivity contribution in [3.05, 3.63) is 0 Å². The molecule has 1 saturated carbocycles. The van der Waals surface area contributed by atoms with Crippen molar-refractivity contribution in [2.45, 2.75) is 44.7 Å². The van der Waals surface area contributed by atoms with Crippen molar-refractivity contribution in [3.63, 3.8) is 0 Å². The van der Waals surface area contributed by atoms with Gasteiger partial charge in [-0.1, -0.05) is 6.92 Å². The molecule has 1 saturated heterocycles. The summed E-state index contributed by atoms with van der Waals surface area (Å²) < 4.78 is 0. The number of hydrogen-bond acceptors (Lipinski definition) is 2. The smallest absolute Gasteiger partial charge is 0.234 e. The number of carbonyl (C=O) groups is 1. The summed E-state index contributed by atoms with van der Waals surface area (Å²) in [6.07, 6.45) is 4.75. The summed E-state index contributed by atoms with van der Waals surface area (Å²) in [7, 11) is 0. The Bertz CT molecular complexity index is 217. The van der Waals surface area contributed by atoms with Gasteiger partial charge < -0.3 is 5.73 Å². The van der Waals surface area contributed by atoms with Gasteiger partial charge in [0.2, 0.25) is 5.91 Å². The second-order valence-corrected chi connectivity index (χ2v) is 4.27. The summed E-state index contributed by atoms with van der Waals surface area (Å²) in [5.41, 5.74) is 5.38. The van der Waals surface area contributed by atoms with Crippen LogP contribution in [0.4, 0.5) is 0 Å². The fourth-order valence-corrected chi connectivity index (χ4v) is 2.64. The first-order chi connectivity index (χ1) is 6.24. The molecule has 0 radical (unpaired) electrons. The minimum atomic E-state index is -0.143. The van der Waals surface area contributed by atoms with Crippen molar-refractivity contribution in [2.75, 3.05) is 6.54 Å². The standard InChI is InChI=1S/C10H18N2O/c1-2-8(10(11)13)12-5-3-4-7-6-9(7)12/h7-9H,2-6H2,1H3,(H2,11,13). The van der Waals surface area contributed by atoms with Gasteiger partial charge >= 0.3 is 0 Å². The second kappa shape index (κ2) is 3.29. The number of carbonyl (C=O) groups excluding carboxylic acids is 1. The molecule has 3 unspecified atom stereocenters. The molecule has 3 nitrogen and oxygen atoms in total. The van der Waals surface area contributed by atoms with E-state index in [9.17, 15) is 4.79 Å². The summed E-state index contributed by atoms with van der Waals surface area (Å²) in [5, 5.41) is 0. The van der Waals surface area contributed by atoms with Crippen LogP contribution in [0.15, 0.2) is 0 Å². The van der Waals surface area contributed by atoms with Gasteiger partial charge in [-0.25, -0.2) is 0 Å². The number of amides is 1. The quantitative estimate of drug-likeness (QED) is 0.699. The predicted octanol–water partition coefficient (Wildman–Crippen LogP) is 0.735. The lowest BCUT2D eigenvalue weighted by molar-refractivity contribution is -0.124. The molecule has 2 rings (SSSR count). The summed E-state index contributed by atoms with van der Waals surface area (Å²) in [6, 6.07) is 0.682. The highest BCUT2D eigenvalue weighted by Gasteiger charge is 2.46. The normalized spacial score (nSPS) is 35.2. The molecule has 1 aliphatic carbocycles. The Morgan fingerprint density at radius 3 is 3.08 bits per heavy atom. The third kappa shape index (κ3) is 1.57. The van der Waals surface area contributed by atoms with Crippen LogP contribution in [0, 0.1) is 5.92 Å². The molecule has 0 aromatic heterocycles. The Morgan fingerprint density at radius 2 is 2.46 bits per heavy atom. The average Bonchev–Trinajstić information content (AvgIpc) is 2.84. The lowest BCUT2D eigenvalue weighted by Crippen LogP contribution is -2.47. The molecule has 3 atom stereocenters. The van der Waals surface area contributed by atoms with E-state index in [2.05, 4.69) is 4.90 Å². The van der Waals surface area contributed by atoms with Gasteiger partial charge in [0.25, 0.3) is 0 Å². The highest BCUT2D eigenvalue weighted by Crippen LogP contribution is 2.44. The fraction of sp³-hybridized carbons (Fsp3) is 0.900. The largest absolute Gasteiger partial charge is 0.368 e. The van der Waals surface area contributed by atoms with E-state index in [4.69, 9.17) is 5.73 Å². The van der Waals surface area contributed by atoms with Crippen molar-refractivity contribution >= 4 is 5.91 Å². The highest BCUT2D eigenvalue weighted by molar-refractivity contribution is 5.79. The number of primary amides is 1. The molecule has 3 heteroatoms. The molecule has 1 amide bonds. The van der Waals surface area contributed by atoms with Gasteiger partial charge in [-0.3, -0.25) is 9.69 Å². The molecule has 74 valence electrons. The van der Waals surface area contributed by atoms with Crippen molar-refractivity contribution in [1.82, 2.24) is 4.90 Å². The molecule has 0 aromatic rings. The minimum Gasteiger partial charge on any atom is -0.368 e. The molecular weight excluding hydrogens is 164 g/mol. The van der Waals surface area contributed by atoms with Gasteiger partial charge in [-0.05, 0) is 38.1 Å². The molecule has 0 spiro atoms. The maximum atomic E-state index is 11.2. The van der Waals surface area contributed by atoms with Gasteiger partial charge in [-0.2, -0.15) is 0 Å². The Balaban J connectivity index is 2.01. The fourth-order valence-electron chi connectivity index (χ4n) is 2.64. The van der Waals surface area contributed by atoms with E-state index in [1.54, 1.807) is 0 Å². The van der Waals surface area contributed by atoms with E-state index in [1.807, 2.05) is 6.92 Å². The number of fused-ring (bicyclic) bond motifs is 1. The molecule has 0 bridgehead atoms. The molecule has 1 heterocycles. The maximum absolute atomic E-state index is 11.2. The zero-order valence-electron chi connectivity index (χ0n) is 8.20. The number of likely N-dealkylation sites (tertiary alicyclic amines) is 1. The first-order valence-corrected chi connectivity index (χ1v) is 5.29. The molecule has 13 heavy (non-hydrogen) atoms. The van der Waals surface area contributed by atoms with Crippen molar-refractivity contribution < 1.29 is 4.79 Å². The van der Waals surface area contributed by atoms with Crippen LogP contribution < -0.4 is 5.73 Å². The maximum Gasteiger partial charge on any atom is 0.234 e. The van der Waals surface area contributed by atoms with Crippen LogP contribution in [0.25, 0.3) is 0 Å². The first kappa shape index (κ1) is 9.00. The van der Waals surface area contributed by atoms with Crippen LogP contribution in [0.1, 0.15) is 32.6 Å². The zero-order valence-corrected chi connectivity index (χ0v) is 8.20. The van der Waals surface area contributed by atoms with E-state index in [1.165, 1.54) is 19.3 Å². The van der Waals surface area contributed by atoms with Crippen LogP contribution in [0.2, 0.25) is 0 Å². The van der Waals surface area contributed by atoms with Gasteiger partial charge in [0.1, 0.15) is 0 Å². The van der Waals surface area contributed by atoms with Crippen LogP contribution >= 0.6 is 0 Å². The lowest BCUT2D eigenvalue weighted by atomic mass is 10.1. The van der Waals surface area contributed by atoms with E-state index in [-0.39, 0.29) is 11.9 Å². The van der Waals surface area contributed by atoms with Gasteiger partial charge in [0, 0.05) is 6.04 Å². The van der Waals surface area contributed by atoms with Gasteiger partial charge in [0.15, 0.2) is 0 Å². The number of nitrogens with zero attached hydrogens (tertiary/aromatic N) is 1. The van der Waals surface area contributed by atoms with E-state index in [0.29, 0.717) is 6.04 Å². The second-order valence-electron chi connectivity index (χ2n) is 4.27. The predicted molar refractivity (Wildman–Crippen MR) is 51.1 cm³/mol. The molecule has 2 aliphatic rings. The molecule has 0 aromatic carbocycles. The molecule has 2 N–H and O–H groups in total. The van der Waals surface area contributed by atoms with Crippen molar-refractivity contribution in [3.8, 4) is 0 Å². The van der Waals surface area contributed by atoms with Crippen LogP contribution in [-0.2, 0) is 4.79 Å². The Morgan fingerprint density at radius 1 is 1.69 bits per heavy atom. The minimum absolute atomic E-state index is 0.00435. The Hall–Kier alpha value is -0.570. The number of nitrogens with two attached hydrogens (primary N) is 1. The number of rotatable bonds is 3.